The maximum absolute atomic E-state index is 11.4. The average Bonchev–Trinajstić information content (AvgIpc) is 2.50. The Morgan fingerprint density at radius 3 is 2.67 bits per heavy atom. The molecule has 54 valence electrons. The van der Waals surface area contributed by atoms with Gasteiger partial charge < -0.3 is 4.57 Å². The summed E-state index contributed by atoms with van der Waals surface area (Å²) in [4.78, 5) is 0. The molecule has 0 radical (unpaired) electrons. The van der Waals surface area contributed by atoms with E-state index in [1.54, 1.807) is 0 Å². The summed E-state index contributed by atoms with van der Waals surface area (Å²) in [6, 6.07) is 0. The molecule has 2 unspecified atom stereocenters. The van der Waals surface area contributed by atoms with E-state index >= 15 is 0 Å². The van der Waals surface area contributed by atoms with Gasteiger partial charge in [-0.2, -0.15) is 11.8 Å². The standard InChI is InChI=1S/C6H13OPS/c1-3-8(2,7)4-6-5-9-6/h6H,3-5H2,1-2H3. The second kappa shape index (κ2) is 2.67. The Morgan fingerprint density at radius 2 is 2.33 bits per heavy atom. The van der Waals surface area contributed by atoms with Crippen molar-refractivity contribution in [2.45, 2.75) is 12.2 Å². The van der Waals surface area contributed by atoms with Crippen molar-refractivity contribution in [3.63, 3.8) is 0 Å². The minimum Gasteiger partial charge on any atom is -0.324 e. The van der Waals surface area contributed by atoms with Crippen molar-refractivity contribution >= 4 is 18.9 Å². The molecule has 1 aliphatic rings. The molecule has 3 heteroatoms. The highest BCUT2D eigenvalue weighted by molar-refractivity contribution is 8.07. The molecule has 0 N–H and O–H groups in total. The van der Waals surface area contributed by atoms with Crippen LogP contribution in [0.5, 0.6) is 0 Å². The van der Waals surface area contributed by atoms with Gasteiger partial charge in [-0.25, -0.2) is 0 Å². The molecular weight excluding hydrogens is 151 g/mol. The lowest BCUT2D eigenvalue weighted by Crippen LogP contribution is -1.96. The first kappa shape index (κ1) is 7.68. The number of rotatable bonds is 3. The van der Waals surface area contributed by atoms with E-state index < -0.39 is 7.14 Å². The number of thioether (sulfide) groups is 1. The van der Waals surface area contributed by atoms with Gasteiger partial charge in [0.25, 0.3) is 0 Å². The van der Waals surface area contributed by atoms with Gasteiger partial charge in [-0.05, 0) is 12.8 Å². The number of hydrogen-bond acceptors (Lipinski definition) is 2. The van der Waals surface area contributed by atoms with E-state index in [1.807, 2.05) is 25.4 Å². The molecule has 1 saturated heterocycles. The van der Waals surface area contributed by atoms with Crippen molar-refractivity contribution < 1.29 is 4.57 Å². The van der Waals surface area contributed by atoms with Gasteiger partial charge >= 0.3 is 0 Å². The van der Waals surface area contributed by atoms with E-state index in [-0.39, 0.29) is 0 Å². The molecule has 1 fully saturated rings. The van der Waals surface area contributed by atoms with Crippen molar-refractivity contribution in [1.82, 2.24) is 0 Å². The Hall–Kier alpha value is 0.580. The summed E-state index contributed by atoms with van der Waals surface area (Å²) in [5, 5.41) is 0.751. The van der Waals surface area contributed by atoms with Gasteiger partial charge in [0.05, 0.1) is 7.14 Å². The van der Waals surface area contributed by atoms with Gasteiger partial charge in [0.15, 0.2) is 0 Å². The maximum atomic E-state index is 11.4. The van der Waals surface area contributed by atoms with Crippen molar-refractivity contribution in [3.05, 3.63) is 0 Å². The van der Waals surface area contributed by atoms with E-state index in [1.165, 1.54) is 5.75 Å². The molecule has 1 heterocycles. The van der Waals surface area contributed by atoms with Crippen LogP contribution in [-0.4, -0.2) is 30.0 Å². The highest BCUT2D eigenvalue weighted by Crippen LogP contribution is 2.48. The Balaban J connectivity index is 2.30. The normalized spacial score (nSPS) is 31.6. The molecular formula is C6H13OPS. The lowest BCUT2D eigenvalue weighted by atomic mass is 10.6. The molecule has 0 aromatic heterocycles. The maximum Gasteiger partial charge on any atom is 0.0856 e. The lowest BCUT2D eigenvalue weighted by Gasteiger charge is -2.06. The van der Waals surface area contributed by atoms with Crippen molar-refractivity contribution in [3.8, 4) is 0 Å². The second-order valence-corrected chi connectivity index (χ2v) is 7.68. The summed E-state index contributed by atoms with van der Waals surface area (Å²) in [6.45, 7) is 3.94. The Kier molecular flexibility index (Phi) is 2.28. The zero-order valence-electron chi connectivity index (χ0n) is 5.96. The summed E-state index contributed by atoms with van der Waals surface area (Å²) in [7, 11) is -1.69. The molecule has 0 bridgehead atoms. The SMILES string of the molecule is CCP(C)(=O)CC1CS1. The van der Waals surface area contributed by atoms with Gasteiger partial charge in [0.2, 0.25) is 0 Å². The van der Waals surface area contributed by atoms with Crippen LogP contribution in [0.4, 0.5) is 0 Å². The van der Waals surface area contributed by atoms with E-state index in [4.69, 9.17) is 0 Å². The minimum atomic E-state index is -1.69. The van der Waals surface area contributed by atoms with Crippen LogP contribution >= 0.6 is 18.9 Å². The quantitative estimate of drug-likeness (QED) is 0.469. The topological polar surface area (TPSA) is 17.1 Å². The van der Waals surface area contributed by atoms with Crippen LogP contribution in [0.2, 0.25) is 0 Å². The fraction of sp³-hybridized carbons (Fsp3) is 1.00. The number of hydrogen-bond donors (Lipinski definition) is 0. The third kappa shape index (κ3) is 2.77. The van der Waals surface area contributed by atoms with Crippen LogP contribution in [0.15, 0.2) is 0 Å². The summed E-state index contributed by atoms with van der Waals surface area (Å²) < 4.78 is 11.4. The Morgan fingerprint density at radius 1 is 1.78 bits per heavy atom. The predicted molar refractivity (Wildman–Crippen MR) is 45.2 cm³/mol. The van der Waals surface area contributed by atoms with E-state index in [9.17, 15) is 4.57 Å². The molecule has 1 nitrogen and oxygen atoms in total. The molecule has 1 aliphatic heterocycles. The molecule has 0 spiro atoms. The van der Waals surface area contributed by atoms with Crippen LogP contribution in [0.3, 0.4) is 0 Å². The first-order valence-electron chi connectivity index (χ1n) is 3.31. The molecule has 9 heavy (non-hydrogen) atoms. The predicted octanol–water partition coefficient (Wildman–Crippen LogP) is 2.11. The fourth-order valence-electron chi connectivity index (χ4n) is 0.733. The van der Waals surface area contributed by atoms with Gasteiger partial charge in [-0.15, -0.1) is 0 Å². The summed E-state index contributed by atoms with van der Waals surface area (Å²) in [6.07, 6.45) is 1.86. The van der Waals surface area contributed by atoms with Crippen molar-refractivity contribution in [1.29, 1.82) is 0 Å². The highest BCUT2D eigenvalue weighted by Gasteiger charge is 2.28. The first-order chi connectivity index (χ1) is 4.14. The Labute approximate surface area is 61.0 Å². The molecule has 0 amide bonds. The Bertz CT molecular complexity index is 142. The largest absolute Gasteiger partial charge is 0.324 e. The smallest absolute Gasteiger partial charge is 0.0856 e. The van der Waals surface area contributed by atoms with Crippen LogP contribution in [-0.2, 0) is 4.57 Å². The van der Waals surface area contributed by atoms with Crippen LogP contribution in [0.1, 0.15) is 6.92 Å². The summed E-state index contributed by atoms with van der Waals surface area (Å²) in [5.41, 5.74) is 0. The fourth-order valence-corrected chi connectivity index (χ4v) is 3.78. The monoisotopic (exact) mass is 164 g/mol. The zero-order chi connectivity index (χ0) is 6.91. The van der Waals surface area contributed by atoms with Crippen LogP contribution < -0.4 is 0 Å². The molecule has 0 aliphatic carbocycles. The lowest BCUT2D eigenvalue weighted by molar-refractivity contribution is 0.579. The molecule has 0 aromatic rings. The molecule has 1 rings (SSSR count). The van der Waals surface area contributed by atoms with Gasteiger partial charge in [0, 0.05) is 17.2 Å². The van der Waals surface area contributed by atoms with E-state index in [0.717, 1.165) is 17.6 Å². The van der Waals surface area contributed by atoms with Crippen molar-refractivity contribution in [2.75, 3.05) is 24.7 Å². The van der Waals surface area contributed by atoms with Crippen LogP contribution in [0.25, 0.3) is 0 Å². The summed E-state index contributed by atoms with van der Waals surface area (Å²) in [5.74, 6) is 1.25. The highest BCUT2D eigenvalue weighted by atomic mass is 32.2. The average molecular weight is 164 g/mol. The minimum absolute atomic E-state index is 0.751. The van der Waals surface area contributed by atoms with Gasteiger partial charge in [0.1, 0.15) is 0 Å². The van der Waals surface area contributed by atoms with Gasteiger partial charge in [-0.3, -0.25) is 0 Å². The van der Waals surface area contributed by atoms with Crippen molar-refractivity contribution in [2.24, 2.45) is 0 Å². The third-order valence-corrected chi connectivity index (χ3v) is 5.43. The van der Waals surface area contributed by atoms with Crippen LogP contribution in [0, 0.1) is 0 Å². The van der Waals surface area contributed by atoms with E-state index in [2.05, 4.69) is 0 Å². The molecule has 2 atom stereocenters. The zero-order valence-corrected chi connectivity index (χ0v) is 7.67. The summed E-state index contributed by atoms with van der Waals surface area (Å²) >= 11 is 1.94. The third-order valence-electron chi connectivity index (χ3n) is 1.66. The molecule has 0 saturated carbocycles. The molecule has 0 aromatic carbocycles. The van der Waals surface area contributed by atoms with Gasteiger partial charge in [-0.1, -0.05) is 6.92 Å². The first-order valence-corrected chi connectivity index (χ1v) is 6.88. The second-order valence-electron chi connectivity index (χ2n) is 2.75. The van der Waals surface area contributed by atoms with E-state index in [0.29, 0.717) is 0 Å².